The molecule has 0 saturated carbocycles. The predicted octanol–water partition coefficient (Wildman–Crippen LogP) is 1.51. The Morgan fingerprint density at radius 1 is 1.13 bits per heavy atom. The molecule has 0 spiro atoms. The first-order chi connectivity index (χ1) is 17.8. The molecule has 0 aromatic rings. The standard InChI is InChI=1S/C23H36F2N3O9PS/c1-12(2)35-18(31)14(5)26-38(39,27-15(6)19(32)36-13(3)4)34-11-23(25)20(33)22(7,24)21(37-23)28-9-8-16(29)10-17(28)30/h8-9,12-15,20-21,33H,10-11H2,1-7H3,(H2,26,27,39)/t14-,15-,20-,21+,22+,23+/m0/s1. The summed E-state index contributed by atoms with van der Waals surface area (Å²) < 4.78 is 52.6. The molecular formula is C23H36F2N3O9PS. The Balaban J connectivity index is 2.29. The highest BCUT2D eigenvalue weighted by Gasteiger charge is 2.66. The molecule has 12 nitrogen and oxygen atoms in total. The maximum absolute atomic E-state index is 15.9. The topological polar surface area (TPSA) is 153 Å². The number of amides is 1. The number of esters is 2. The van der Waals surface area contributed by atoms with Crippen LogP contribution in [0.5, 0.6) is 0 Å². The number of rotatable bonds is 12. The number of aliphatic hydroxyl groups excluding tert-OH is 1. The molecule has 2 aliphatic heterocycles. The molecule has 6 atom stereocenters. The summed E-state index contributed by atoms with van der Waals surface area (Å²) in [6, 6.07) is -2.17. The van der Waals surface area contributed by atoms with Gasteiger partial charge >= 0.3 is 11.9 Å². The highest BCUT2D eigenvalue weighted by Crippen LogP contribution is 2.48. The van der Waals surface area contributed by atoms with Crippen LogP contribution in [0.2, 0.25) is 0 Å². The summed E-state index contributed by atoms with van der Waals surface area (Å²) in [5, 5.41) is 16.0. The van der Waals surface area contributed by atoms with Gasteiger partial charge in [0, 0.05) is 6.20 Å². The third-order valence-electron chi connectivity index (χ3n) is 5.60. The Kier molecular flexibility index (Phi) is 10.9. The fourth-order valence-corrected chi connectivity index (χ4v) is 6.61. The second-order valence-corrected chi connectivity index (χ2v) is 13.5. The minimum Gasteiger partial charge on any atom is -0.462 e. The number of ketones is 1. The van der Waals surface area contributed by atoms with Gasteiger partial charge in [-0.3, -0.25) is 24.1 Å². The number of carbonyl (C=O) groups is 4. The summed E-state index contributed by atoms with van der Waals surface area (Å²) in [7, 11) is 0. The van der Waals surface area contributed by atoms with Gasteiger partial charge < -0.3 is 23.8 Å². The van der Waals surface area contributed by atoms with Crippen LogP contribution in [0.15, 0.2) is 12.3 Å². The Bertz CT molecular complexity index is 1010. The van der Waals surface area contributed by atoms with E-state index in [9.17, 15) is 24.3 Å². The zero-order chi connectivity index (χ0) is 29.9. The van der Waals surface area contributed by atoms with Crippen LogP contribution in [0.4, 0.5) is 8.78 Å². The molecule has 2 aliphatic rings. The highest BCUT2D eigenvalue weighted by atomic mass is 32.4. The summed E-state index contributed by atoms with van der Waals surface area (Å²) in [6.07, 6.45) is -3.92. The van der Waals surface area contributed by atoms with Crippen molar-refractivity contribution < 1.29 is 51.8 Å². The van der Waals surface area contributed by atoms with E-state index in [-0.39, 0.29) is 0 Å². The first kappa shape index (κ1) is 33.3. The summed E-state index contributed by atoms with van der Waals surface area (Å²) in [6.45, 7) is 5.29. The fourth-order valence-electron chi connectivity index (χ4n) is 3.69. The Morgan fingerprint density at radius 3 is 2.05 bits per heavy atom. The molecule has 3 N–H and O–H groups in total. The van der Waals surface area contributed by atoms with E-state index in [2.05, 4.69) is 10.2 Å². The number of aliphatic hydroxyl groups is 1. The molecule has 1 amide bonds. The smallest absolute Gasteiger partial charge is 0.323 e. The average Bonchev–Trinajstić information content (AvgIpc) is 2.97. The van der Waals surface area contributed by atoms with E-state index < -0.39 is 91.4 Å². The maximum atomic E-state index is 15.9. The van der Waals surface area contributed by atoms with Gasteiger partial charge in [-0.15, -0.1) is 0 Å². The largest absolute Gasteiger partial charge is 0.462 e. The van der Waals surface area contributed by atoms with Gasteiger partial charge in [0.2, 0.25) is 5.91 Å². The van der Waals surface area contributed by atoms with Crippen molar-refractivity contribution in [3.05, 3.63) is 12.3 Å². The van der Waals surface area contributed by atoms with Crippen LogP contribution in [0.1, 0.15) is 54.9 Å². The van der Waals surface area contributed by atoms with Crippen molar-refractivity contribution in [2.75, 3.05) is 6.61 Å². The van der Waals surface area contributed by atoms with Gasteiger partial charge in [-0.25, -0.2) is 19.0 Å². The minimum atomic E-state index is -3.72. The van der Waals surface area contributed by atoms with Gasteiger partial charge in [-0.05, 0) is 66.3 Å². The van der Waals surface area contributed by atoms with E-state index in [1.807, 2.05) is 0 Å². The molecule has 1 saturated heterocycles. The molecule has 0 radical (unpaired) electrons. The Morgan fingerprint density at radius 2 is 1.62 bits per heavy atom. The molecule has 2 rings (SSSR count). The van der Waals surface area contributed by atoms with Crippen molar-refractivity contribution in [3.8, 4) is 0 Å². The van der Waals surface area contributed by atoms with Crippen molar-refractivity contribution in [2.45, 2.75) is 103 Å². The van der Waals surface area contributed by atoms with Crippen LogP contribution >= 0.6 is 6.57 Å². The van der Waals surface area contributed by atoms with Gasteiger partial charge in [0.05, 0.1) is 18.6 Å². The third-order valence-corrected chi connectivity index (χ3v) is 8.50. The fraction of sp³-hybridized carbons (Fsp3) is 0.739. The number of nitrogens with one attached hydrogen (secondary N) is 2. The van der Waals surface area contributed by atoms with Gasteiger partial charge in [0.15, 0.2) is 30.4 Å². The lowest BCUT2D eigenvalue weighted by Gasteiger charge is -2.33. The number of nitrogens with zero attached hydrogens (tertiary/aromatic N) is 1. The van der Waals surface area contributed by atoms with Crippen LogP contribution in [-0.2, 0) is 49.7 Å². The Hall–Kier alpha value is -1.87. The number of halogens is 2. The lowest BCUT2D eigenvalue weighted by Crippen LogP contribution is -2.52. The zero-order valence-corrected chi connectivity index (χ0v) is 24.5. The van der Waals surface area contributed by atoms with Crippen LogP contribution in [0.25, 0.3) is 0 Å². The number of alkyl halides is 2. The summed E-state index contributed by atoms with van der Waals surface area (Å²) in [5.74, 6) is -6.03. The third kappa shape index (κ3) is 8.32. The van der Waals surface area contributed by atoms with Gasteiger partial charge in [-0.1, -0.05) is 0 Å². The monoisotopic (exact) mass is 599 g/mol. The van der Waals surface area contributed by atoms with E-state index >= 15 is 8.78 Å². The molecule has 0 aromatic carbocycles. The van der Waals surface area contributed by atoms with Gasteiger partial charge in [-0.2, -0.15) is 0 Å². The number of hydrogen-bond acceptors (Lipinski definition) is 10. The van der Waals surface area contributed by atoms with Crippen molar-refractivity contribution in [2.24, 2.45) is 0 Å². The van der Waals surface area contributed by atoms with Crippen molar-refractivity contribution in [1.29, 1.82) is 0 Å². The van der Waals surface area contributed by atoms with Gasteiger partial charge in [0.25, 0.3) is 5.85 Å². The molecule has 0 unspecified atom stereocenters. The average molecular weight is 600 g/mol. The number of allylic oxidation sites excluding steroid dienone is 1. The molecule has 16 heteroatoms. The first-order valence-electron chi connectivity index (χ1n) is 12.3. The second kappa shape index (κ2) is 12.8. The molecule has 2 heterocycles. The number of ether oxygens (including phenoxy) is 3. The summed E-state index contributed by atoms with van der Waals surface area (Å²) >= 11 is 5.53. The number of hydrogen-bond donors (Lipinski definition) is 3. The molecule has 0 aliphatic carbocycles. The van der Waals surface area contributed by atoms with Crippen LogP contribution in [0.3, 0.4) is 0 Å². The first-order valence-corrected chi connectivity index (χ1v) is 15.0. The molecule has 0 aromatic heterocycles. The summed E-state index contributed by atoms with van der Waals surface area (Å²) in [5.41, 5.74) is -2.83. The molecular weight excluding hydrogens is 563 g/mol. The second-order valence-electron chi connectivity index (χ2n) is 10.1. The quantitative estimate of drug-likeness (QED) is 0.169. The predicted molar refractivity (Wildman–Crippen MR) is 138 cm³/mol. The van der Waals surface area contributed by atoms with Crippen LogP contribution < -0.4 is 10.2 Å². The van der Waals surface area contributed by atoms with E-state index in [1.165, 1.54) is 13.8 Å². The van der Waals surface area contributed by atoms with Gasteiger partial charge in [0.1, 0.15) is 18.7 Å². The zero-order valence-electron chi connectivity index (χ0n) is 22.8. The molecule has 0 bridgehead atoms. The number of carbonyl (C=O) groups excluding carboxylic acids is 4. The lowest BCUT2D eigenvalue weighted by atomic mass is 9.96. The van der Waals surface area contributed by atoms with Crippen LogP contribution in [0, 0.1) is 0 Å². The van der Waals surface area contributed by atoms with E-state index in [0.29, 0.717) is 4.90 Å². The van der Waals surface area contributed by atoms with E-state index in [0.717, 1.165) is 19.2 Å². The molecule has 222 valence electrons. The van der Waals surface area contributed by atoms with Crippen LogP contribution in [-0.4, -0.2) is 88.4 Å². The molecule has 1 fully saturated rings. The minimum absolute atomic E-state index is 0.453. The van der Waals surface area contributed by atoms with Crippen molar-refractivity contribution in [1.82, 2.24) is 15.1 Å². The molecule has 39 heavy (non-hydrogen) atoms. The normalized spacial score (nSPS) is 29.2. The lowest BCUT2D eigenvalue weighted by molar-refractivity contribution is -0.208. The van der Waals surface area contributed by atoms with Crippen molar-refractivity contribution >= 4 is 42.0 Å². The summed E-state index contributed by atoms with van der Waals surface area (Å²) in [4.78, 5) is 49.2. The highest BCUT2D eigenvalue weighted by molar-refractivity contribution is 8.10. The van der Waals surface area contributed by atoms with E-state index in [4.69, 9.17) is 30.5 Å². The Labute approximate surface area is 230 Å². The van der Waals surface area contributed by atoms with E-state index in [1.54, 1.807) is 27.7 Å². The maximum Gasteiger partial charge on any atom is 0.323 e. The SMILES string of the molecule is CC(C)OC(=O)[C@H](C)NP(=S)(N[C@@H](C)C(=O)OC(C)C)OC[C@@]1(F)O[C@@H](N2C=CC(=O)CC2=O)[C@](C)(F)[C@@H]1O. The van der Waals surface area contributed by atoms with Crippen molar-refractivity contribution in [3.63, 3.8) is 0 Å².